The van der Waals surface area contributed by atoms with Crippen LogP contribution in [0.25, 0.3) is 5.65 Å². The summed E-state index contributed by atoms with van der Waals surface area (Å²) in [6.45, 7) is 5.89. The van der Waals surface area contributed by atoms with Crippen LogP contribution in [0.4, 0.5) is 0 Å². The largest absolute Gasteiger partial charge is 0.492 e. The predicted octanol–water partition coefficient (Wildman–Crippen LogP) is 0.926. The lowest BCUT2D eigenvalue weighted by Gasteiger charge is -2.15. The van der Waals surface area contributed by atoms with Crippen molar-refractivity contribution in [2.75, 3.05) is 6.61 Å². The molecule has 2 aromatic heterocycles. The van der Waals surface area contributed by atoms with Gasteiger partial charge in [-0.1, -0.05) is 13.8 Å². The van der Waals surface area contributed by atoms with Gasteiger partial charge in [-0.05, 0) is 25.7 Å². The molecule has 0 unspecified atom stereocenters. The van der Waals surface area contributed by atoms with Gasteiger partial charge >= 0.3 is 5.97 Å². The van der Waals surface area contributed by atoms with Gasteiger partial charge in [0.25, 0.3) is 11.5 Å². The van der Waals surface area contributed by atoms with Gasteiger partial charge in [0, 0.05) is 12.6 Å². The fraction of sp³-hybridized carbons (Fsp3) is 0.529. The maximum atomic E-state index is 13.0. The minimum atomic E-state index is -0.659. The van der Waals surface area contributed by atoms with Gasteiger partial charge in [0.2, 0.25) is 5.88 Å². The molecule has 0 aromatic carbocycles. The Labute approximate surface area is 149 Å². The third-order valence-electron chi connectivity index (χ3n) is 4.07. The highest BCUT2D eigenvalue weighted by molar-refractivity contribution is 5.99. The zero-order chi connectivity index (χ0) is 19.0. The Hall–Kier alpha value is -2.84. The van der Waals surface area contributed by atoms with Gasteiger partial charge in [-0.15, -0.1) is 0 Å². The highest BCUT2D eigenvalue weighted by Gasteiger charge is 2.30. The Kier molecular flexibility index (Phi) is 4.71. The van der Waals surface area contributed by atoms with E-state index in [1.807, 2.05) is 13.8 Å². The van der Waals surface area contributed by atoms with Crippen molar-refractivity contribution in [2.24, 2.45) is 5.92 Å². The molecule has 2 heterocycles. The van der Waals surface area contributed by atoms with Crippen LogP contribution in [0, 0.1) is 5.92 Å². The van der Waals surface area contributed by atoms with Crippen molar-refractivity contribution in [2.45, 2.75) is 46.2 Å². The van der Waals surface area contributed by atoms with E-state index >= 15 is 0 Å². The highest BCUT2D eigenvalue weighted by atomic mass is 16.5. The van der Waals surface area contributed by atoms with Crippen LogP contribution in [0.1, 0.15) is 54.3 Å². The normalized spacial score (nSPS) is 14.0. The minimum absolute atomic E-state index is 0.0308. The smallest absolute Gasteiger partial charge is 0.343 e. The van der Waals surface area contributed by atoms with E-state index in [1.54, 1.807) is 6.92 Å². The third kappa shape index (κ3) is 3.16. The van der Waals surface area contributed by atoms with E-state index in [0.717, 1.165) is 17.4 Å². The van der Waals surface area contributed by atoms with Gasteiger partial charge in [0.1, 0.15) is 5.56 Å². The molecular formula is C17H22N4O5. The van der Waals surface area contributed by atoms with Crippen LogP contribution in [0.15, 0.2) is 11.0 Å². The molecule has 0 radical (unpaired) electrons. The number of esters is 1. The topological polar surface area (TPSA) is 115 Å². The van der Waals surface area contributed by atoms with E-state index < -0.39 is 23.3 Å². The monoisotopic (exact) mass is 362 g/mol. The van der Waals surface area contributed by atoms with Gasteiger partial charge in [-0.3, -0.25) is 14.2 Å². The molecule has 9 heteroatoms. The molecule has 1 amide bonds. The second kappa shape index (κ2) is 6.81. The van der Waals surface area contributed by atoms with Gasteiger partial charge in [-0.2, -0.15) is 9.61 Å². The molecular weight excluding hydrogens is 340 g/mol. The average molecular weight is 362 g/mol. The second-order valence-electron chi connectivity index (χ2n) is 6.77. The second-order valence-corrected chi connectivity index (χ2v) is 6.77. The minimum Gasteiger partial charge on any atom is -0.492 e. The summed E-state index contributed by atoms with van der Waals surface area (Å²) < 4.78 is 7.34. The van der Waals surface area contributed by atoms with E-state index in [-0.39, 0.29) is 41.9 Å². The Morgan fingerprint density at radius 1 is 1.42 bits per heavy atom. The first-order valence-electron chi connectivity index (χ1n) is 8.66. The van der Waals surface area contributed by atoms with Crippen LogP contribution >= 0.6 is 0 Å². The summed E-state index contributed by atoms with van der Waals surface area (Å²) in [5, 5.41) is 17.2. The lowest BCUT2D eigenvalue weighted by atomic mass is 10.2. The van der Waals surface area contributed by atoms with Crippen molar-refractivity contribution in [3.8, 4) is 5.88 Å². The van der Waals surface area contributed by atoms with Gasteiger partial charge in [-0.25, -0.2) is 4.79 Å². The molecule has 0 saturated heterocycles. The summed E-state index contributed by atoms with van der Waals surface area (Å²) in [5.41, 5.74) is -0.854. The van der Waals surface area contributed by atoms with Crippen LogP contribution in [0.3, 0.4) is 0 Å². The standard InChI is InChI=1S/C17H22N4O5/c1-4-26-17(25)11-7-18-21-14(11)20(8-9(2)3)15(23)12(16(21)24)13(22)19-10-5-6-10/h7,9-10,24H,4-6,8H2,1-3H3,(H,19,22). The molecule has 0 atom stereocenters. The number of carbonyl (C=O) groups excluding carboxylic acids is 2. The van der Waals surface area contributed by atoms with E-state index in [0.29, 0.717) is 0 Å². The molecule has 1 saturated carbocycles. The molecule has 0 spiro atoms. The number of nitrogens with zero attached hydrogens (tertiary/aromatic N) is 3. The fourth-order valence-corrected chi connectivity index (χ4v) is 2.76. The zero-order valence-electron chi connectivity index (χ0n) is 15.0. The van der Waals surface area contributed by atoms with Crippen molar-refractivity contribution in [3.63, 3.8) is 0 Å². The number of fused-ring (bicyclic) bond motifs is 1. The van der Waals surface area contributed by atoms with Crippen LogP contribution in [0.2, 0.25) is 0 Å². The number of amides is 1. The molecule has 1 aliphatic rings. The molecule has 1 aliphatic carbocycles. The molecule has 140 valence electrons. The van der Waals surface area contributed by atoms with E-state index in [1.165, 1.54) is 10.8 Å². The van der Waals surface area contributed by atoms with Crippen molar-refractivity contribution in [1.82, 2.24) is 19.5 Å². The number of aromatic hydroxyl groups is 1. The summed E-state index contributed by atoms with van der Waals surface area (Å²) in [6, 6.07) is 0.0308. The Balaban J connectivity index is 2.23. The van der Waals surface area contributed by atoms with Crippen LogP contribution in [-0.2, 0) is 11.3 Å². The van der Waals surface area contributed by atoms with Crippen molar-refractivity contribution in [1.29, 1.82) is 0 Å². The first-order chi connectivity index (χ1) is 12.3. The van der Waals surface area contributed by atoms with Crippen molar-refractivity contribution >= 4 is 17.5 Å². The summed E-state index contributed by atoms with van der Waals surface area (Å²) in [5.74, 6) is -1.80. The number of aromatic nitrogens is 3. The fourth-order valence-electron chi connectivity index (χ4n) is 2.76. The van der Waals surface area contributed by atoms with Crippen molar-refractivity contribution in [3.05, 3.63) is 27.7 Å². The molecule has 3 rings (SSSR count). The number of ether oxygens (including phenoxy) is 1. The maximum absolute atomic E-state index is 13.0. The first-order valence-corrected chi connectivity index (χ1v) is 8.66. The molecule has 1 fully saturated rings. The lowest BCUT2D eigenvalue weighted by molar-refractivity contribution is 0.0528. The number of carbonyl (C=O) groups is 2. The van der Waals surface area contributed by atoms with E-state index in [4.69, 9.17) is 4.74 Å². The average Bonchev–Trinajstić information content (AvgIpc) is 3.25. The summed E-state index contributed by atoms with van der Waals surface area (Å²) in [7, 11) is 0. The lowest BCUT2D eigenvalue weighted by Crippen LogP contribution is -2.36. The highest BCUT2D eigenvalue weighted by Crippen LogP contribution is 2.23. The number of hydrogen-bond donors (Lipinski definition) is 2. The Morgan fingerprint density at radius 2 is 2.12 bits per heavy atom. The quantitative estimate of drug-likeness (QED) is 0.739. The van der Waals surface area contributed by atoms with Crippen LogP contribution in [-0.4, -0.2) is 43.8 Å². The van der Waals surface area contributed by atoms with Gasteiger partial charge < -0.3 is 15.2 Å². The number of nitrogens with one attached hydrogen (secondary N) is 1. The molecule has 2 aromatic rings. The summed E-state index contributed by atoms with van der Waals surface area (Å²) in [6.07, 6.45) is 2.93. The summed E-state index contributed by atoms with van der Waals surface area (Å²) in [4.78, 5) is 37.6. The molecule has 0 bridgehead atoms. The Morgan fingerprint density at radius 3 is 2.69 bits per heavy atom. The maximum Gasteiger partial charge on any atom is 0.343 e. The molecule has 2 N–H and O–H groups in total. The van der Waals surface area contributed by atoms with Gasteiger partial charge in [0.15, 0.2) is 11.2 Å². The van der Waals surface area contributed by atoms with Crippen LogP contribution in [0.5, 0.6) is 5.88 Å². The van der Waals surface area contributed by atoms with Crippen LogP contribution < -0.4 is 10.9 Å². The molecule has 9 nitrogen and oxygen atoms in total. The molecule has 0 aliphatic heterocycles. The third-order valence-corrected chi connectivity index (χ3v) is 4.07. The van der Waals surface area contributed by atoms with Gasteiger partial charge in [0.05, 0.1) is 12.8 Å². The predicted molar refractivity (Wildman–Crippen MR) is 92.4 cm³/mol. The number of rotatable bonds is 6. The number of hydrogen-bond acceptors (Lipinski definition) is 6. The first kappa shape index (κ1) is 18.0. The van der Waals surface area contributed by atoms with E-state index in [9.17, 15) is 19.5 Å². The SMILES string of the molecule is CCOC(=O)c1cnn2c(O)c(C(=O)NC3CC3)c(=O)n(CC(C)C)c12. The zero-order valence-corrected chi connectivity index (χ0v) is 15.0. The van der Waals surface area contributed by atoms with Crippen molar-refractivity contribution < 1.29 is 19.4 Å². The Bertz CT molecular complexity index is 923. The van der Waals surface area contributed by atoms with E-state index in [2.05, 4.69) is 10.4 Å². The summed E-state index contributed by atoms with van der Waals surface area (Å²) >= 11 is 0. The molecule has 26 heavy (non-hydrogen) atoms.